The van der Waals surface area contributed by atoms with Crippen molar-refractivity contribution in [3.05, 3.63) is 56.5 Å². The molecule has 132 valence electrons. The van der Waals surface area contributed by atoms with Crippen LogP contribution < -0.4 is 20.3 Å². The fraction of sp³-hybridized carbons (Fsp3) is 0.125. The molecule has 2 aromatic rings. The minimum Gasteiger partial charge on any atom is -0.496 e. The minimum atomic E-state index is -0.575. The van der Waals surface area contributed by atoms with Gasteiger partial charge in [-0.3, -0.25) is 20.4 Å². The highest BCUT2D eigenvalue weighted by molar-refractivity contribution is 9.10. The maximum absolute atomic E-state index is 12.1. The quantitative estimate of drug-likeness (QED) is 0.686. The number of carbonyl (C=O) groups is 2. The number of hydrogen-bond donors (Lipinski definition) is 2. The summed E-state index contributed by atoms with van der Waals surface area (Å²) in [7, 11) is 1.42. The number of carbonyl (C=O) groups excluding carboxylic acids is 2. The lowest BCUT2D eigenvalue weighted by Crippen LogP contribution is -2.43. The van der Waals surface area contributed by atoms with Gasteiger partial charge in [0.25, 0.3) is 11.8 Å². The summed E-state index contributed by atoms with van der Waals surface area (Å²) in [6.45, 7) is -0.325. The summed E-state index contributed by atoms with van der Waals surface area (Å²) in [5, 5.41) is 0.723. The zero-order chi connectivity index (χ0) is 18.4. The van der Waals surface area contributed by atoms with Crippen molar-refractivity contribution < 1.29 is 19.1 Å². The Kier molecular flexibility index (Phi) is 6.92. The third-order valence-electron chi connectivity index (χ3n) is 2.97. The molecule has 0 saturated heterocycles. The van der Waals surface area contributed by atoms with Gasteiger partial charge in [-0.05, 0) is 36.4 Å². The molecule has 9 heteroatoms. The number of benzene rings is 2. The second-order valence-corrected chi connectivity index (χ2v) is 6.47. The van der Waals surface area contributed by atoms with E-state index in [1.807, 2.05) is 0 Å². The van der Waals surface area contributed by atoms with Crippen molar-refractivity contribution in [2.24, 2.45) is 0 Å². The number of methoxy groups -OCH3 is 1. The Morgan fingerprint density at radius 1 is 1.08 bits per heavy atom. The molecule has 0 bridgehead atoms. The van der Waals surface area contributed by atoms with E-state index in [1.54, 1.807) is 30.3 Å². The zero-order valence-corrected chi connectivity index (χ0v) is 16.0. The molecule has 2 rings (SSSR count). The van der Waals surface area contributed by atoms with Crippen molar-refractivity contribution in [2.75, 3.05) is 13.7 Å². The van der Waals surface area contributed by atoms with E-state index in [4.69, 9.17) is 32.7 Å². The lowest BCUT2D eigenvalue weighted by molar-refractivity contribution is -0.123. The van der Waals surface area contributed by atoms with Crippen LogP contribution in [0.3, 0.4) is 0 Å². The second-order valence-electron chi connectivity index (χ2n) is 4.71. The lowest BCUT2D eigenvalue weighted by atomic mass is 10.2. The van der Waals surface area contributed by atoms with Gasteiger partial charge in [0.15, 0.2) is 6.61 Å². The maximum atomic E-state index is 12.1. The molecule has 2 aromatic carbocycles. The van der Waals surface area contributed by atoms with Gasteiger partial charge in [-0.15, -0.1) is 0 Å². The van der Waals surface area contributed by atoms with E-state index in [9.17, 15) is 9.59 Å². The summed E-state index contributed by atoms with van der Waals surface area (Å²) in [5.74, 6) is -0.459. The lowest BCUT2D eigenvalue weighted by Gasteiger charge is -2.11. The number of halogens is 3. The molecule has 0 aromatic heterocycles. The van der Waals surface area contributed by atoms with Gasteiger partial charge in [0.1, 0.15) is 11.5 Å². The summed E-state index contributed by atoms with van der Waals surface area (Å²) in [6, 6.07) is 9.56. The number of hydrazine groups is 1. The van der Waals surface area contributed by atoms with Gasteiger partial charge >= 0.3 is 0 Å². The molecule has 25 heavy (non-hydrogen) atoms. The topological polar surface area (TPSA) is 76.7 Å². The van der Waals surface area contributed by atoms with Crippen LogP contribution in [0.1, 0.15) is 10.4 Å². The van der Waals surface area contributed by atoms with Crippen molar-refractivity contribution >= 4 is 50.9 Å². The van der Waals surface area contributed by atoms with Gasteiger partial charge in [-0.2, -0.15) is 0 Å². The third-order valence-corrected chi connectivity index (χ3v) is 4.00. The number of rotatable bonds is 5. The van der Waals surface area contributed by atoms with Gasteiger partial charge < -0.3 is 9.47 Å². The van der Waals surface area contributed by atoms with E-state index in [2.05, 4.69) is 26.8 Å². The Labute approximate surface area is 162 Å². The molecule has 6 nitrogen and oxygen atoms in total. The van der Waals surface area contributed by atoms with Crippen molar-refractivity contribution in [1.82, 2.24) is 10.9 Å². The first-order valence-corrected chi connectivity index (χ1v) is 8.46. The van der Waals surface area contributed by atoms with Gasteiger partial charge in [0.2, 0.25) is 0 Å². The van der Waals surface area contributed by atoms with Gasteiger partial charge in [0, 0.05) is 9.50 Å². The van der Waals surface area contributed by atoms with Crippen molar-refractivity contribution in [3.8, 4) is 11.5 Å². The third kappa shape index (κ3) is 5.52. The number of ether oxygens (including phenoxy) is 2. The Hall–Kier alpha value is -1.96. The smallest absolute Gasteiger partial charge is 0.276 e. The minimum absolute atomic E-state index is 0.187. The molecular weight excluding hydrogens is 435 g/mol. The first-order valence-electron chi connectivity index (χ1n) is 6.91. The van der Waals surface area contributed by atoms with Gasteiger partial charge in [-0.25, -0.2) is 0 Å². The largest absolute Gasteiger partial charge is 0.496 e. The monoisotopic (exact) mass is 446 g/mol. The highest BCUT2D eigenvalue weighted by Gasteiger charge is 2.14. The fourth-order valence-electron chi connectivity index (χ4n) is 1.82. The molecule has 0 aliphatic carbocycles. The average Bonchev–Trinajstić information content (AvgIpc) is 2.58. The molecule has 0 spiro atoms. The molecule has 0 aliphatic rings. The van der Waals surface area contributed by atoms with E-state index in [-0.39, 0.29) is 12.2 Å². The predicted molar refractivity (Wildman–Crippen MR) is 98.3 cm³/mol. The summed E-state index contributed by atoms with van der Waals surface area (Å²) in [4.78, 5) is 23.9. The number of amides is 2. The Morgan fingerprint density at radius 2 is 1.80 bits per heavy atom. The standard InChI is InChI=1S/C16H13BrCl2N2O4/c1-24-13-5-3-10(18)7-11(13)16(23)21-20-15(22)8-25-14-4-2-9(17)6-12(14)19/h2-7H,8H2,1H3,(H,20,22)(H,21,23). The van der Waals surface area contributed by atoms with E-state index < -0.39 is 11.8 Å². The molecule has 0 saturated carbocycles. The first-order chi connectivity index (χ1) is 11.9. The molecule has 2 amide bonds. The van der Waals surface area contributed by atoms with Crippen LogP contribution in [0.15, 0.2) is 40.9 Å². The molecule has 0 heterocycles. The zero-order valence-electron chi connectivity index (χ0n) is 12.9. The van der Waals surface area contributed by atoms with Crippen molar-refractivity contribution in [2.45, 2.75) is 0 Å². The Bertz CT molecular complexity index is 802. The van der Waals surface area contributed by atoms with Gasteiger partial charge in [-0.1, -0.05) is 39.1 Å². The second kappa shape index (κ2) is 8.94. The molecule has 0 aliphatic heterocycles. The predicted octanol–water partition coefficient (Wildman–Crippen LogP) is 3.60. The van der Waals surface area contributed by atoms with Crippen molar-refractivity contribution in [1.29, 1.82) is 0 Å². The van der Waals surface area contributed by atoms with Crippen LogP contribution in [-0.2, 0) is 4.79 Å². The van der Waals surface area contributed by atoms with E-state index in [0.29, 0.717) is 21.5 Å². The Balaban J connectivity index is 1.89. The van der Waals surface area contributed by atoms with Crippen LogP contribution in [0.5, 0.6) is 11.5 Å². The molecule has 0 atom stereocenters. The van der Waals surface area contributed by atoms with E-state index >= 15 is 0 Å². The van der Waals surface area contributed by atoms with Crippen LogP contribution in [0, 0.1) is 0 Å². The molecule has 0 radical (unpaired) electrons. The highest BCUT2D eigenvalue weighted by atomic mass is 79.9. The summed E-state index contributed by atoms with van der Waals surface area (Å²) < 4.78 is 11.2. The fourth-order valence-corrected chi connectivity index (χ4v) is 2.72. The summed E-state index contributed by atoms with van der Waals surface area (Å²) in [6.07, 6.45) is 0. The number of hydrogen-bond acceptors (Lipinski definition) is 4. The molecule has 2 N–H and O–H groups in total. The summed E-state index contributed by atoms with van der Waals surface area (Å²) in [5.41, 5.74) is 4.69. The highest BCUT2D eigenvalue weighted by Crippen LogP contribution is 2.27. The van der Waals surface area contributed by atoms with E-state index in [1.165, 1.54) is 13.2 Å². The summed E-state index contributed by atoms with van der Waals surface area (Å²) >= 11 is 15.1. The molecular formula is C16H13BrCl2N2O4. The van der Waals surface area contributed by atoms with Crippen LogP contribution in [0.2, 0.25) is 10.0 Å². The molecule has 0 fully saturated rings. The Morgan fingerprint density at radius 3 is 2.48 bits per heavy atom. The van der Waals surface area contributed by atoms with Crippen molar-refractivity contribution in [3.63, 3.8) is 0 Å². The SMILES string of the molecule is COc1ccc(Cl)cc1C(=O)NNC(=O)COc1ccc(Br)cc1Cl. The normalized spacial score (nSPS) is 10.1. The average molecular weight is 448 g/mol. The first kappa shape index (κ1) is 19.4. The number of nitrogens with one attached hydrogen (secondary N) is 2. The van der Waals surface area contributed by atoms with Crippen LogP contribution in [-0.4, -0.2) is 25.5 Å². The van der Waals surface area contributed by atoms with Crippen LogP contribution >= 0.6 is 39.1 Å². The van der Waals surface area contributed by atoms with Crippen LogP contribution in [0.25, 0.3) is 0 Å². The van der Waals surface area contributed by atoms with Gasteiger partial charge in [0.05, 0.1) is 17.7 Å². The maximum Gasteiger partial charge on any atom is 0.276 e. The molecule has 0 unspecified atom stereocenters. The van der Waals surface area contributed by atoms with E-state index in [0.717, 1.165) is 4.47 Å². The van der Waals surface area contributed by atoms with Crippen LogP contribution in [0.4, 0.5) is 0 Å².